The number of hydrogen-bond donors (Lipinski definition) is 2. The fourth-order valence-corrected chi connectivity index (χ4v) is 2.80. The number of anilines is 1. The van der Waals surface area contributed by atoms with Crippen molar-refractivity contribution >= 4 is 28.8 Å². The number of hydrogen-bond acceptors (Lipinski definition) is 4. The standard InChI is InChI=1S/C18H19N3O2S/c1-12(2)16(21-17(22)15-4-3-11-24-15)18(23)20-14-7-5-13(6-8-14)9-10-19/h3-8,11-12,16H,9H2,1-2H3,(H,20,23)(H,21,22)/t16-/m1/s1. The maximum Gasteiger partial charge on any atom is 0.262 e. The quantitative estimate of drug-likeness (QED) is 0.846. The molecule has 2 N–H and O–H groups in total. The molecule has 6 heteroatoms. The Morgan fingerprint density at radius 3 is 2.46 bits per heavy atom. The Hall–Kier alpha value is -2.65. The molecule has 1 aromatic heterocycles. The van der Waals surface area contributed by atoms with E-state index in [0.29, 0.717) is 17.0 Å². The highest BCUT2D eigenvalue weighted by Gasteiger charge is 2.25. The lowest BCUT2D eigenvalue weighted by molar-refractivity contribution is -0.118. The molecule has 1 heterocycles. The second kappa shape index (κ2) is 8.27. The highest BCUT2D eigenvalue weighted by atomic mass is 32.1. The van der Waals surface area contributed by atoms with Gasteiger partial charge in [-0.1, -0.05) is 32.0 Å². The Labute approximate surface area is 145 Å². The van der Waals surface area contributed by atoms with Crippen LogP contribution in [0.15, 0.2) is 41.8 Å². The van der Waals surface area contributed by atoms with Crippen molar-refractivity contribution < 1.29 is 9.59 Å². The van der Waals surface area contributed by atoms with Crippen LogP contribution in [0.1, 0.15) is 29.1 Å². The first-order chi connectivity index (χ1) is 11.5. The maximum absolute atomic E-state index is 12.5. The van der Waals surface area contributed by atoms with Gasteiger partial charge in [0.1, 0.15) is 6.04 Å². The van der Waals surface area contributed by atoms with E-state index in [1.807, 2.05) is 19.2 Å². The molecule has 0 radical (unpaired) electrons. The highest BCUT2D eigenvalue weighted by Crippen LogP contribution is 2.14. The van der Waals surface area contributed by atoms with Gasteiger partial charge < -0.3 is 10.6 Å². The van der Waals surface area contributed by atoms with Crippen LogP contribution in [0.4, 0.5) is 5.69 Å². The van der Waals surface area contributed by atoms with Gasteiger partial charge in [0.25, 0.3) is 5.91 Å². The summed E-state index contributed by atoms with van der Waals surface area (Å²) in [7, 11) is 0. The monoisotopic (exact) mass is 341 g/mol. The lowest BCUT2D eigenvalue weighted by Gasteiger charge is -2.21. The number of thiophene rings is 1. The zero-order chi connectivity index (χ0) is 17.5. The average molecular weight is 341 g/mol. The molecule has 1 atom stereocenters. The second-order valence-corrected chi connectivity index (χ2v) is 6.64. The largest absolute Gasteiger partial charge is 0.339 e. The zero-order valence-corrected chi connectivity index (χ0v) is 14.4. The summed E-state index contributed by atoms with van der Waals surface area (Å²) in [5.74, 6) is -0.557. The van der Waals surface area contributed by atoms with E-state index in [2.05, 4.69) is 16.7 Å². The summed E-state index contributed by atoms with van der Waals surface area (Å²) >= 11 is 1.34. The van der Waals surface area contributed by atoms with Crippen LogP contribution >= 0.6 is 11.3 Å². The Morgan fingerprint density at radius 1 is 1.21 bits per heavy atom. The van der Waals surface area contributed by atoms with E-state index in [1.165, 1.54) is 11.3 Å². The number of carbonyl (C=O) groups is 2. The minimum atomic E-state index is -0.626. The predicted molar refractivity (Wildman–Crippen MR) is 94.8 cm³/mol. The first-order valence-corrected chi connectivity index (χ1v) is 8.50. The van der Waals surface area contributed by atoms with Crippen LogP contribution in [0.3, 0.4) is 0 Å². The van der Waals surface area contributed by atoms with Crippen LogP contribution in [0.25, 0.3) is 0 Å². The van der Waals surface area contributed by atoms with E-state index in [9.17, 15) is 9.59 Å². The molecule has 0 spiro atoms. The van der Waals surface area contributed by atoms with Crippen molar-refractivity contribution in [1.82, 2.24) is 5.32 Å². The Bertz CT molecular complexity index is 731. The molecule has 2 aromatic rings. The van der Waals surface area contributed by atoms with Crippen molar-refractivity contribution in [3.8, 4) is 6.07 Å². The number of carbonyl (C=O) groups excluding carboxylic acids is 2. The van der Waals surface area contributed by atoms with Gasteiger partial charge in [-0.2, -0.15) is 5.26 Å². The van der Waals surface area contributed by atoms with Crippen molar-refractivity contribution in [3.05, 3.63) is 52.2 Å². The van der Waals surface area contributed by atoms with Gasteiger partial charge in [-0.3, -0.25) is 9.59 Å². The van der Waals surface area contributed by atoms with Gasteiger partial charge in [0.05, 0.1) is 17.4 Å². The van der Waals surface area contributed by atoms with Crippen LogP contribution in [-0.2, 0) is 11.2 Å². The molecule has 0 saturated carbocycles. The molecular formula is C18H19N3O2S. The number of rotatable bonds is 6. The summed E-state index contributed by atoms with van der Waals surface area (Å²) in [5.41, 5.74) is 1.53. The molecular weight excluding hydrogens is 322 g/mol. The third-order valence-corrected chi connectivity index (χ3v) is 4.35. The molecule has 0 unspecified atom stereocenters. The van der Waals surface area contributed by atoms with Gasteiger partial charge in [-0.25, -0.2) is 0 Å². The van der Waals surface area contributed by atoms with Gasteiger partial charge >= 0.3 is 0 Å². The van der Waals surface area contributed by atoms with Crippen LogP contribution in [0.5, 0.6) is 0 Å². The van der Waals surface area contributed by atoms with Gasteiger partial charge in [-0.15, -0.1) is 11.3 Å². The lowest BCUT2D eigenvalue weighted by Crippen LogP contribution is -2.46. The van der Waals surface area contributed by atoms with Gasteiger partial charge in [0, 0.05) is 5.69 Å². The molecule has 0 bridgehead atoms. The van der Waals surface area contributed by atoms with Crippen molar-refractivity contribution in [2.45, 2.75) is 26.3 Å². The van der Waals surface area contributed by atoms with Crippen molar-refractivity contribution in [2.75, 3.05) is 5.32 Å². The fourth-order valence-electron chi connectivity index (χ4n) is 2.17. The van der Waals surface area contributed by atoms with Gasteiger partial charge in [-0.05, 0) is 35.1 Å². The molecule has 0 aliphatic carbocycles. The van der Waals surface area contributed by atoms with Gasteiger partial charge in [0.15, 0.2) is 0 Å². The Morgan fingerprint density at radius 2 is 1.92 bits per heavy atom. The molecule has 5 nitrogen and oxygen atoms in total. The van der Waals surface area contributed by atoms with Gasteiger partial charge in [0.2, 0.25) is 5.91 Å². The summed E-state index contributed by atoms with van der Waals surface area (Å²) in [4.78, 5) is 25.3. The van der Waals surface area contributed by atoms with Crippen molar-refractivity contribution in [1.29, 1.82) is 5.26 Å². The summed E-state index contributed by atoms with van der Waals surface area (Å²) in [6.07, 6.45) is 0.333. The van der Waals surface area contributed by atoms with E-state index in [-0.39, 0.29) is 17.7 Å². The van der Waals surface area contributed by atoms with Crippen LogP contribution in [-0.4, -0.2) is 17.9 Å². The molecule has 0 aliphatic heterocycles. The summed E-state index contributed by atoms with van der Waals surface area (Å²) in [5, 5.41) is 16.1. The highest BCUT2D eigenvalue weighted by molar-refractivity contribution is 7.12. The minimum Gasteiger partial charge on any atom is -0.339 e. The molecule has 24 heavy (non-hydrogen) atoms. The van der Waals surface area contributed by atoms with Crippen LogP contribution < -0.4 is 10.6 Å². The first kappa shape index (κ1) is 17.7. The third kappa shape index (κ3) is 4.67. The fraction of sp³-hybridized carbons (Fsp3) is 0.278. The van der Waals surface area contributed by atoms with E-state index >= 15 is 0 Å². The Kier molecular flexibility index (Phi) is 6.10. The lowest BCUT2D eigenvalue weighted by atomic mass is 10.0. The van der Waals surface area contributed by atoms with E-state index < -0.39 is 6.04 Å². The topological polar surface area (TPSA) is 82.0 Å². The van der Waals surface area contributed by atoms with E-state index in [0.717, 1.165) is 5.56 Å². The molecule has 2 rings (SSSR count). The normalized spacial score (nSPS) is 11.6. The average Bonchev–Trinajstić information content (AvgIpc) is 3.08. The summed E-state index contributed by atoms with van der Waals surface area (Å²) < 4.78 is 0. The van der Waals surface area contributed by atoms with Crippen LogP contribution in [0, 0.1) is 17.2 Å². The molecule has 0 saturated heterocycles. The molecule has 1 aromatic carbocycles. The SMILES string of the molecule is CC(C)[C@@H](NC(=O)c1cccs1)C(=O)Nc1ccc(CC#N)cc1. The van der Waals surface area contributed by atoms with E-state index in [4.69, 9.17) is 5.26 Å². The number of nitriles is 1. The maximum atomic E-state index is 12.5. The number of nitrogens with one attached hydrogen (secondary N) is 2. The number of nitrogens with zero attached hydrogens (tertiary/aromatic N) is 1. The molecule has 0 aliphatic rings. The van der Waals surface area contributed by atoms with Crippen molar-refractivity contribution in [3.63, 3.8) is 0 Å². The predicted octanol–water partition coefficient (Wildman–Crippen LogP) is 3.21. The molecule has 124 valence electrons. The zero-order valence-electron chi connectivity index (χ0n) is 13.6. The second-order valence-electron chi connectivity index (χ2n) is 5.69. The van der Waals surface area contributed by atoms with Crippen molar-refractivity contribution in [2.24, 2.45) is 5.92 Å². The third-order valence-electron chi connectivity index (χ3n) is 3.49. The number of benzene rings is 1. The first-order valence-electron chi connectivity index (χ1n) is 7.62. The summed E-state index contributed by atoms with van der Waals surface area (Å²) in [6, 6.07) is 12.1. The summed E-state index contributed by atoms with van der Waals surface area (Å²) in [6.45, 7) is 3.77. The smallest absolute Gasteiger partial charge is 0.262 e. The van der Waals surface area contributed by atoms with Crippen LogP contribution in [0.2, 0.25) is 0 Å². The number of amides is 2. The molecule has 2 amide bonds. The molecule has 0 fully saturated rings. The van der Waals surface area contributed by atoms with E-state index in [1.54, 1.807) is 36.4 Å². The minimum absolute atomic E-state index is 0.0493. The Balaban J connectivity index is 2.03.